The third kappa shape index (κ3) is 4.90. The second-order valence-electron chi connectivity index (χ2n) is 14.1. The van der Waals surface area contributed by atoms with Crippen LogP contribution in [0.25, 0.3) is 27.5 Å². The van der Waals surface area contributed by atoms with Gasteiger partial charge in [0.05, 0.1) is 18.3 Å². The molecule has 0 fully saturated rings. The van der Waals surface area contributed by atoms with Crippen molar-refractivity contribution in [2.75, 3.05) is 4.90 Å². The predicted molar refractivity (Wildman–Crippen MR) is 209 cm³/mol. The van der Waals surface area contributed by atoms with Crippen molar-refractivity contribution >= 4 is 33.6 Å². The summed E-state index contributed by atoms with van der Waals surface area (Å²) in [6.07, 6.45) is 7.53. The molecule has 4 nitrogen and oxygen atoms in total. The summed E-state index contributed by atoms with van der Waals surface area (Å²) in [5, 5.41) is 6.20. The minimum Gasteiger partial charge on any atom is -0.351 e. The number of rotatable bonds is 6. The van der Waals surface area contributed by atoms with E-state index in [1.165, 1.54) is 55.5 Å². The average molecular weight is 649 g/mol. The number of anilines is 2. The van der Waals surface area contributed by atoms with Gasteiger partial charge in [-0.1, -0.05) is 141 Å². The van der Waals surface area contributed by atoms with Crippen LogP contribution < -0.4 is 16.0 Å². The van der Waals surface area contributed by atoms with E-state index in [-0.39, 0.29) is 11.5 Å². The maximum absolute atomic E-state index is 6.70. The molecule has 2 bridgehead atoms. The smallest absolute Gasteiger partial charge is 0.130 e. The van der Waals surface area contributed by atoms with E-state index in [4.69, 9.17) is 10.7 Å². The number of benzene rings is 6. The molecule has 6 aromatic carbocycles. The van der Waals surface area contributed by atoms with Crippen molar-refractivity contribution in [1.82, 2.24) is 5.32 Å². The molecule has 4 heteroatoms. The summed E-state index contributed by atoms with van der Waals surface area (Å²) >= 11 is 0. The Morgan fingerprint density at radius 3 is 2.22 bits per heavy atom. The Balaban J connectivity index is 1.18. The summed E-state index contributed by atoms with van der Waals surface area (Å²) < 4.78 is 0. The highest BCUT2D eigenvalue weighted by atomic mass is 15.2. The van der Waals surface area contributed by atoms with E-state index in [9.17, 15) is 0 Å². The zero-order valence-electron chi connectivity index (χ0n) is 28.5. The van der Waals surface area contributed by atoms with Crippen molar-refractivity contribution in [3.05, 3.63) is 185 Å². The summed E-state index contributed by atoms with van der Waals surface area (Å²) in [4.78, 5) is 7.68. The van der Waals surface area contributed by atoms with Crippen molar-refractivity contribution in [3.8, 4) is 11.1 Å². The van der Waals surface area contributed by atoms with Crippen LogP contribution in [0.15, 0.2) is 157 Å². The van der Waals surface area contributed by atoms with Crippen LogP contribution in [0.5, 0.6) is 0 Å². The fraction of sp³-hybridized carbons (Fsp3) is 0.152. The van der Waals surface area contributed by atoms with Crippen molar-refractivity contribution in [2.45, 2.75) is 44.4 Å². The largest absolute Gasteiger partial charge is 0.351 e. The quantitative estimate of drug-likeness (QED) is 0.107. The van der Waals surface area contributed by atoms with Gasteiger partial charge in [0.15, 0.2) is 0 Å². The van der Waals surface area contributed by atoms with Gasteiger partial charge >= 0.3 is 0 Å². The highest BCUT2D eigenvalue weighted by Crippen LogP contribution is 2.60. The van der Waals surface area contributed by atoms with Crippen LogP contribution in [0, 0.1) is 0 Å². The summed E-state index contributed by atoms with van der Waals surface area (Å²) in [5.41, 5.74) is 20.5. The molecule has 3 aliphatic rings. The maximum Gasteiger partial charge on any atom is 0.130 e. The monoisotopic (exact) mass is 648 g/mol. The van der Waals surface area contributed by atoms with Gasteiger partial charge in [0.25, 0.3) is 0 Å². The highest BCUT2D eigenvalue weighted by molar-refractivity contribution is 6.13. The molecule has 0 amide bonds. The van der Waals surface area contributed by atoms with Gasteiger partial charge in [0, 0.05) is 22.2 Å². The molecule has 1 heterocycles. The summed E-state index contributed by atoms with van der Waals surface area (Å²) in [5.74, 6) is 0.780. The Hall–Kier alpha value is -5.71. The summed E-state index contributed by atoms with van der Waals surface area (Å²) in [6, 6.07) is 47.7. The lowest BCUT2D eigenvalue weighted by Crippen LogP contribution is -2.37. The topological polar surface area (TPSA) is 53.6 Å². The first kappa shape index (κ1) is 30.4. The molecule has 50 heavy (non-hydrogen) atoms. The SMILES string of the molecule is CC1(C)c2ccccc2-c2c1c1c(c3ccccc23)C2=CC=C[C@H](C2)N1c1ccc(C(=NCc2ccccc2)NC(N)c2ccccc2)cc1. The Labute approximate surface area is 294 Å². The first-order chi connectivity index (χ1) is 24.5. The zero-order chi connectivity index (χ0) is 33.8. The molecule has 2 aliphatic carbocycles. The molecule has 0 spiro atoms. The van der Waals surface area contributed by atoms with Gasteiger partial charge in [0.1, 0.15) is 12.0 Å². The molecule has 0 aromatic heterocycles. The number of hydrogen-bond acceptors (Lipinski definition) is 3. The Bertz CT molecular complexity index is 2330. The van der Waals surface area contributed by atoms with Crippen LogP contribution >= 0.6 is 0 Å². The second-order valence-corrected chi connectivity index (χ2v) is 14.1. The van der Waals surface area contributed by atoms with Gasteiger partial charge in [-0.15, -0.1) is 0 Å². The number of hydrogen-bond donors (Lipinski definition) is 2. The highest BCUT2D eigenvalue weighted by Gasteiger charge is 2.44. The summed E-state index contributed by atoms with van der Waals surface area (Å²) in [7, 11) is 0. The normalized spacial score (nSPS) is 17.5. The minimum absolute atomic E-state index is 0.164. The van der Waals surface area contributed by atoms with Gasteiger partial charge < -0.3 is 16.0 Å². The summed E-state index contributed by atoms with van der Waals surface area (Å²) in [6.45, 7) is 5.36. The average Bonchev–Trinajstić information content (AvgIpc) is 3.41. The number of nitrogens with zero attached hydrogens (tertiary/aromatic N) is 2. The first-order valence-corrected chi connectivity index (χ1v) is 17.6. The Kier molecular flexibility index (Phi) is 7.29. The minimum atomic E-state index is -0.392. The number of nitrogens with two attached hydrogens (primary N) is 1. The predicted octanol–water partition coefficient (Wildman–Crippen LogP) is 10.2. The lowest BCUT2D eigenvalue weighted by Gasteiger charge is -2.44. The van der Waals surface area contributed by atoms with Gasteiger partial charge in [-0.05, 0) is 80.4 Å². The molecule has 0 radical (unpaired) electrons. The molecule has 1 aliphatic heterocycles. The van der Waals surface area contributed by atoms with Crippen molar-refractivity contribution < 1.29 is 0 Å². The number of amidine groups is 1. The molecule has 0 saturated carbocycles. The maximum atomic E-state index is 6.70. The van der Waals surface area contributed by atoms with Gasteiger partial charge in [-0.3, -0.25) is 4.99 Å². The molecule has 6 aromatic rings. The lowest BCUT2D eigenvalue weighted by molar-refractivity contribution is 0.652. The molecule has 244 valence electrons. The van der Waals surface area contributed by atoms with Crippen LogP contribution in [0.2, 0.25) is 0 Å². The molecule has 3 N–H and O–H groups in total. The standard InChI is InChI=1S/C46H40N4/c1-46(2)39-23-12-11-22-38(39)41-37-21-10-9-20-36(37)40-33-18-13-19-35(28-33)50(43(40)42(41)46)34-26-24-32(25-27-34)45(48-29-30-14-5-3-6-15-30)49-44(47)31-16-7-4-8-17-31/h3-27,35,44H,28-29,47H2,1-2H3,(H,48,49)/t35-,44?/m1/s1. The van der Waals surface area contributed by atoms with Crippen LogP contribution in [-0.2, 0) is 12.0 Å². The Morgan fingerprint density at radius 1 is 0.800 bits per heavy atom. The van der Waals surface area contributed by atoms with E-state index in [2.05, 4.69) is 139 Å². The van der Waals surface area contributed by atoms with Gasteiger partial charge in [-0.25, -0.2) is 0 Å². The van der Waals surface area contributed by atoms with Crippen LogP contribution in [0.1, 0.15) is 59.8 Å². The number of fused-ring (bicyclic) bond motifs is 11. The number of nitrogens with one attached hydrogen (secondary N) is 1. The molecule has 2 atom stereocenters. The van der Waals surface area contributed by atoms with E-state index in [0.717, 1.165) is 28.9 Å². The fourth-order valence-corrected chi connectivity index (χ4v) is 8.42. The molecular formula is C46H40N4. The van der Waals surface area contributed by atoms with Gasteiger partial charge in [0.2, 0.25) is 0 Å². The number of aliphatic imine (C=N–C) groups is 1. The van der Waals surface area contributed by atoms with Gasteiger partial charge in [-0.2, -0.15) is 0 Å². The zero-order valence-corrected chi connectivity index (χ0v) is 28.5. The number of allylic oxidation sites excluding steroid dienone is 2. The van der Waals surface area contributed by atoms with Crippen molar-refractivity contribution in [2.24, 2.45) is 10.7 Å². The van der Waals surface area contributed by atoms with E-state index < -0.39 is 6.17 Å². The van der Waals surface area contributed by atoms with E-state index in [1.54, 1.807) is 0 Å². The van der Waals surface area contributed by atoms with E-state index in [0.29, 0.717) is 6.54 Å². The fourth-order valence-electron chi connectivity index (χ4n) is 8.42. The van der Waals surface area contributed by atoms with Crippen molar-refractivity contribution in [1.29, 1.82) is 0 Å². The van der Waals surface area contributed by atoms with Crippen molar-refractivity contribution in [3.63, 3.8) is 0 Å². The van der Waals surface area contributed by atoms with E-state index in [1.807, 2.05) is 36.4 Å². The third-order valence-corrected chi connectivity index (χ3v) is 10.8. The molecule has 9 rings (SSSR count). The second kappa shape index (κ2) is 12.0. The van der Waals surface area contributed by atoms with E-state index >= 15 is 0 Å². The van der Waals surface area contributed by atoms with Crippen LogP contribution in [0.4, 0.5) is 11.4 Å². The van der Waals surface area contributed by atoms with Crippen LogP contribution in [-0.4, -0.2) is 11.9 Å². The molecule has 0 saturated heterocycles. The first-order valence-electron chi connectivity index (χ1n) is 17.6. The molecule has 1 unspecified atom stereocenters. The molecular weight excluding hydrogens is 609 g/mol. The third-order valence-electron chi connectivity index (χ3n) is 10.8. The van der Waals surface area contributed by atoms with Crippen LogP contribution in [0.3, 0.4) is 0 Å². The Morgan fingerprint density at radius 2 is 1.46 bits per heavy atom. The lowest BCUT2D eigenvalue weighted by atomic mass is 9.75.